The standard InChI is InChI=1S/C27H53NO5/c1-4-6-8-10-12-16-23-32-25(30)27(3,19-14-15-20-28-21-18-22-29)26(31)33-24-17-13-11-9-7-5-2/h28-29H,4-24H2,1-3H3. The summed E-state index contributed by atoms with van der Waals surface area (Å²) in [4.78, 5) is 25.8. The Labute approximate surface area is 203 Å². The molecule has 0 rings (SSSR count). The molecule has 196 valence electrons. The van der Waals surface area contributed by atoms with Crippen molar-refractivity contribution in [2.24, 2.45) is 5.41 Å². The van der Waals surface area contributed by atoms with Crippen LogP contribution in [-0.2, 0) is 19.1 Å². The first kappa shape index (κ1) is 31.9. The molecule has 0 radical (unpaired) electrons. The summed E-state index contributed by atoms with van der Waals surface area (Å²) in [7, 11) is 0. The molecule has 0 saturated carbocycles. The van der Waals surface area contributed by atoms with Gasteiger partial charge in [-0.1, -0.05) is 84.5 Å². The van der Waals surface area contributed by atoms with Crippen LogP contribution >= 0.6 is 0 Å². The van der Waals surface area contributed by atoms with Crippen molar-refractivity contribution in [3.63, 3.8) is 0 Å². The number of hydrogen-bond acceptors (Lipinski definition) is 6. The van der Waals surface area contributed by atoms with Crippen LogP contribution < -0.4 is 5.32 Å². The van der Waals surface area contributed by atoms with E-state index in [2.05, 4.69) is 19.2 Å². The normalized spacial score (nSPS) is 11.5. The summed E-state index contributed by atoms with van der Waals surface area (Å²) >= 11 is 0. The molecule has 0 spiro atoms. The van der Waals surface area contributed by atoms with Crippen molar-refractivity contribution < 1.29 is 24.2 Å². The Morgan fingerprint density at radius 2 is 1.12 bits per heavy atom. The van der Waals surface area contributed by atoms with Crippen molar-refractivity contribution in [2.75, 3.05) is 32.9 Å². The van der Waals surface area contributed by atoms with E-state index in [1.54, 1.807) is 6.92 Å². The molecular weight excluding hydrogens is 418 g/mol. The van der Waals surface area contributed by atoms with Crippen molar-refractivity contribution in [2.45, 2.75) is 124 Å². The molecule has 0 aromatic heterocycles. The molecule has 33 heavy (non-hydrogen) atoms. The maximum Gasteiger partial charge on any atom is 0.323 e. The lowest BCUT2D eigenvalue weighted by Crippen LogP contribution is -2.40. The van der Waals surface area contributed by atoms with Crippen LogP contribution in [0.4, 0.5) is 0 Å². The van der Waals surface area contributed by atoms with Crippen molar-refractivity contribution in [1.82, 2.24) is 5.32 Å². The summed E-state index contributed by atoms with van der Waals surface area (Å²) < 4.78 is 11.1. The minimum Gasteiger partial charge on any atom is -0.465 e. The highest BCUT2D eigenvalue weighted by molar-refractivity contribution is 5.99. The van der Waals surface area contributed by atoms with Gasteiger partial charge >= 0.3 is 11.9 Å². The van der Waals surface area contributed by atoms with Gasteiger partial charge in [0, 0.05) is 6.61 Å². The molecule has 0 amide bonds. The Kier molecular flexibility index (Phi) is 21.9. The second-order valence-corrected chi connectivity index (χ2v) is 9.42. The summed E-state index contributed by atoms with van der Waals surface area (Å²) in [5, 5.41) is 12.1. The lowest BCUT2D eigenvalue weighted by Gasteiger charge is -2.25. The number of rotatable bonds is 24. The molecule has 0 aliphatic carbocycles. The predicted octanol–water partition coefficient (Wildman–Crippen LogP) is 5.94. The highest BCUT2D eigenvalue weighted by atomic mass is 16.6. The first-order chi connectivity index (χ1) is 16.0. The number of aliphatic hydroxyl groups is 1. The first-order valence-electron chi connectivity index (χ1n) is 13.7. The number of ether oxygens (including phenoxy) is 2. The first-order valence-corrected chi connectivity index (χ1v) is 13.7. The van der Waals surface area contributed by atoms with Crippen molar-refractivity contribution >= 4 is 11.9 Å². The highest BCUT2D eigenvalue weighted by Crippen LogP contribution is 2.28. The lowest BCUT2D eigenvalue weighted by molar-refractivity contribution is -0.172. The van der Waals surface area contributed by atoms with E-state index < -0.39 is 17.4 Å². The largest absolute Gasteiger partial charge is 0.465 e. The topological polar surface area (TPSA) is 84.9 Å². The number of hydrogen-bond donors (Lipinski definition) is 2. The van der Waals surface area contributed by atoms with Gasteiger partial charge in [-0.15, -0.1) is 0 Å². The fourth-order valence-electron chi connectivity index (χ4n) is 3.76. The Balaban J connectivity index is 4.50. The third-order valence-corrected chi connectivity index (χ3v) is 6.16. The summed E-state index contributed by atoms with van der Waals surface area (Å²) in [6.45, 7) is 8.56. The van der Waals surface area contributed by atoms with Gasteiger partial charge in [0.2, 0.25) is 0 Å². The zero-order chi connectivity index (χ0) is 24.6. The Bertz CT molecular complexity index is 439. The highest BCUT2D eigenvalue weighted by Gasteiger charge is 2.43. The molecule has 0 aromatic rings. The Morgan fingerprint density at radius 3 is 1.61 bits per heavy atom. The van der Waals surface area contributed by atoms with Crippen LogP contribution in [-0.4, -0.2) is 50.0 Å². The van der Waals surface area contributed by atoms with Crippen molar-refractivity contribution in [3.05, 3.63) is 0 Å². The molecule has 0 aliphatic heterocycles. The number of unbranched alkanes of at least 4 members (excludes halogenated alkanes) is 11. The fraction of sp³-hybridized carbons (Fsp3) is 0.926. The van der Waals surface area contributed by atoms with E-state index in [1.807, 2.05) is 0 Å². The monoisotopic (exact) mass is 471 g/mol. The number of carbonyl (C=O) groups is 2. The van der Waals surface area contributed by atoms with E-state index in [1.165, 1.54) is 38.5 Å². The molecule has 0 atom stereocenters. The van der Waals surface area contributed by atoms with Gasteiger partial charge in [0.15, 0.2) is 5.41 Å². The average Bonchev–Trinajstić information content (AvgIpc) is 2.81. The van der Waals surface area contributed by atoms with Crippen LogP contribution in [0.15, 0.2) is 0 Å². The molecule has 0 saturated heterocycles. The van der Waals surface area contributed by atoms with Gasteiger partial charge in [-0.3, -0.25) is 9.59 Å². The molecule has 2 N–H and O–H groups in total. The fourth-order valence-corrected chi connectivity index (χ4v) is 3.76. The quantitative estimate of drug-likeness (QED) is 0.103. The van der Waals surface area contributed by atoms with Gasteiger partial charge in [0.1, 0.15) is 0 Å². The lowest BCUT2D eigenvalue weighted by atomic mass is 9.84. The minimum atomic E-state index is -1.24. The second kappa shape index (κ2) is 22.6. The molecular formula is C27H53NO5. The van der Waals surface area contributed by atoms with Gasteiger partial charge in [-0.2, -0.15) is 0 Å². The zero-order valence-electron chi connectivity index (χ0n) is 21.9. The predicted molar refractivity (Wildman–Crippen MR) is 135 cm³/mol. The van der Waals surface area contributed by atoms with Gasteiger partial charge in [-0.05, 0) is 52.1 Å². The number of aliphatic hydroxyl groups excluding tert-OH is 1. The molecule has 0 bridgehead atoms. The molecule has 6 nitrogen and oxygen atoms in total. The van der Waals surface area contributed by atoms with Gasteiger partial charge < -0.3 is 19.9 Å². The number of esters is 2. The molecule has 0 aromatic carbocycles. The van der Waals surface area contributed by atoms with Crippen LogP contribution in [0.25, 0.3) is 0 Å². The molecule has 0 heterocycles. The average molecular weight is 472 g/mol. The van der Waals surface area contributed by atoms with Crippen LogP contribution in [0, 0.1) is 5.41 Å². The van der Waals surface area contributed by atoms with Gasteiger partial charge in [0.05, 0.1) is 13.2 Å². The smallest absolute Gasteiger partial charge is 0.323 e. The van der Waals surface area contributed by atoms with E-state index in [4.69, 9.17) is 14.6 Å². The van der Waals surface area contributed by atoms with Crippen LogP contribution in [0.3, 0.4) is 0 Å². The minimum absolute atomic E-state index is 0.181. The van der Waals surface area contributed by atoms with Crippen LogP contribution in [0.1, 0.15) is 124 Å². The van der Waals surface area contributed by atoms with Crippen molar-refractivity contribution in [3.8, 4) is 0 Å². The number of carbonyl (C=O) groups excluding carboxylic acids is 2. The SMILES string of the molecule is CCCCCCCCOC(=O)C(C)(CCCCNCCCO)C(=O)OCCCCCCCC. The number of nitrogens with one attached hydrogen (secondary N) is 1. The van der Waals surface area contributed by atoms with E-state index in [0.717, 1.165) is 70.9 Å². The van der Waals surface area contributed by atoms with E-state index in [0.29, 0.717) is 19.6 Å². The Morgan fingerprint density at radius 1 is 0.667 bits per heavy atom. The second-order valence-electron chi connectivity index (χ2n) is 9.42. The van der Waals surface area contributed by atoms with Crippen molar-refractivity contribution in [1.29, 1.82) is 0 Å². The van der Waals surface area contributed by atoms with E-state index >= 15 is 0 Å². The molecule has 0 aliphatic rings. The van der Waals surface area contributed by atoms with E-state index in [-0.39, 0.29) is 6.61 Å². The third-order valence-electron chi connectivity index (χ3n) is 6.16. The third kappa shape index (κ3) is 17.0. The summed E-state index contributed by atoms with van der Waals surface area (Å²) in [5.74, 6) is -0.894. The van der Waals surface area contributed by atoms with Gasteiger partial charge in [-0.25, -0.2) is 0 Å². The maximum atomic E-state index is 12.9. The summed E-state index contributed by atoms with van der Waals surface area (Å²) in [5.41, 5.74) is -1.24. The van der Waals surface area contributed by atoms with Crippen LogP contribution in [0.5, 0.6) is 0 Å². The zero-order valence-corrected chi connectivity index (χ0v) is 21.9. The molecule has 0 fully saturated rings. The molecule has 6 heteroatoms. The van der Waals surface area contributed by atoms with E-state index in [9.17, 15) is 9.59 Å². The van der Waals surface area contributed by atoms with Gasteiger partial charge in [0.25, 0.3) is 0 Å². The Hall–Kier alpha value is -1.14. The summed E-state index contributed by atoms with van der Waals surface area (Å²) in [6, 6.07) is 0. The summed E-state index contributed by atoms with van der Waals surface area (Å²) in [6.07, 6.45) is 16.2. The maximum absolute atomic E-state index is 12.9. The molecule has 0 unspecified atom stereocenters. The van der Waals surface area contributed by atoms with Crippen LogP contribution in [0.2, 0.25) is 0 Å².